The molecule has 2 heterocycles. The zero-order valence-electron chi connectivity index (χ0n) is 32.6. The molecule has 10 heteroatoms. The first-order chi connectivity index (χ1) is 21.7. The van der Waals surface area contributed by atoms with Gasteiger partial charge in [0.2, 0.25) is 0 Å². The van der Waals surface area contributed by atoms with Crippen molar-refractivity contribution in [1.82, 2.24) is 4.98 Å². The summed E-state index contributed by atoms with van der Waals surface area (Å²) in [6.45, 7) is 22.8. The number of hydrogen-bond donors (Lipinski definition) is 0. The molecule has 1 saturated heterocycles. The molecule has 0 N–H and O–H groups in total. The molecule has 1 aromatic heterocycles. The van der Waals surface area contributed by atoms with Crippen LogP contribution >= 0.6 is 0 Å². The number of hydrogen-bond acceptors (Lipinski definition) is 7. The molecule has 0 aromatic carbocycles. The van der Waals surface area contributed by atoms with Crippen molar-refractivity contribution < 1.29 is 27.8 Å². The van der Waals surface area contributed by atoms with Crippen LogP contribution in [-0.4, -0.2) is 91.3 Å². The topological polar surface area (TPSA) is 72.2 Å². The second kappa shape index (κ2) is 18.0. The molecule has 1 aliphatic rings. The van der Waals surface area contributed by atoms with E-state index in [0.29, 0.717) is 48.2 Å². The van der Waals surface area contributed by atoms with E-state index in [0.717, 1.165) is 9.35 Å². The van der Waals surface area contributed by atoms with Gasteiger partial charge in [-0.25, -0.2) is 0 Å². The van der Waals surface area contributed by atoms with Crippen molar-refractivity contribution in [2.45, 2.75) is 155 Å². The van der Waals surface area contributed by atoms with Crippen molar-refractivity contribution in [3.05, 3.63) is 35.9 Å². The first-order valence-corrected chi connectivity index (χ1v) is 33.1. The van der Waals surface area contributed by atoms with E-state index in [1.165, 1.54) is 0 Å². The molecule has 268 valence electrons. The van der Waals surface area contributed by atoms with Gasteiger partial charge in [0.05, 0.1) is 6.10 Å². The number of nitrogens with zero attached hydrogens (tertiary/aromatic N) is 1. The van der Waals surface area contributed by atoms with Crippen molar-refractivity contribution in [3.8, 4) is 11.5 Å². The summed E-state index contributed by atoms with van der Waals surface area (Å²) in [4.78, 5) is 11.7. The predicted molar refractivity (Wildman–Crippen MR) is 203 cm³/mol. The summed E-state index contributed by atoms with van der Waals surface area (Å²) in [5, 5.41) is 0. The minimum atomic E-state index is -2.43. The summed E-state index contributed by atoms with van der Waals surface area (Å²) in [6.07, 6.45) is 10.0. The van der Waals surface area contributed by atoms with Crippen LogP contribution in [-0.2, 0) is 29.8 Å². The van der Waals surface area contributed by atoms with Crippen LogP contribution < -0.4 is 3.78 Å². The molecule has 0 radical (unpaired) electrons. The van der Waals surface area contributed by atoms with Crippen LogP contribution in [0.3, 0.4) is 0 Å². The Labute approximate surface area is 294 Å². The van der Waals surface area contributed by atoms with Gasteiger partial charge in [-0.15, -0.1) is 11.5 Å². The van der Waals surface area contributed by atoms with Gasteiger partial charge in [-0.3, -0.25) is 0 Å². The van der Waals surface area contributed by atoms with Crippen LogP contribution in [0.15, 0.2) is 34.4 Å². The summed E-state index contributed by atoms with van der Waals surface area (Å²) in [6, 6.07) is 0. The molecule has 0 unspecified atom stereocenters. The maximum atomic E-state index is 7.51. The van der Waals surface area contributed by atoms with Gasteiger partial charge < -0.3 is 4.74 Å². The first kappa shape index (κ1) is 42.4. The van der Waals surface area contributed by atoms with Crippen molar-refractivity contribution in [2.75, 3.05) is 21.3 Å². The summed E-state index contributed by atoms with van der Waals surface area (Å²) in [7, 11) is 1.50. The zero-order valence-corrected chi connectivity index (χ0v) is 37.4. The van der Waals surface area contributed by atoms with Crippen LogP contribution in [0.5, 0.6) is 0 Å². The van der Waals surface area contributed by atoms with Gasteiger partial charge in [0.15, 0.2) is 0 Å². The normalized spacial score (nSPS) is 23.1. The van der Waals surface area contributed by atoms with Crippen molar-refractivity contribution in [2.24, 2.45) is 0 Å². The molecular weight excluding hydrogens is 729 g/mol. The van der Waals surface area contributed by atoms with Crippen LogP contribution in [0.1, 0.15) is 73.6 Å². The average molecular weight is 797 g/mol. The van der Waals surface area contributed by atoms with Gasteiger partial charge in [-0.2, -0.15) is 0 Å². The molecule has 0 aliphatic carbocycles. The molecule has 0 amide bonds. The maximum absolute atomic E-state index is 7.51. The zero-order chi connectivity index (χ0) is 35.8. The third-order valence-electron chi connectivity index (χ3n) is 9.30. The predicted octanol–water partition coefficient (Wildman–Crippen LogP) is 8.65. The Morgan fingerprint density at radius 1 is 1.06 bits per heavy atom. The summed E-state index contributed by atoms with van der Waals surface area (Å²) >= 11 is -2.43. The van der Waals surface area contributed by atoms with Gasteiger partial charge in [0.25, 0.3) is 0 Å². The quantitative estimate of drug-likeness (QED) is 0.0943. The van der Waals surface area contributed by atoms with Crippen LogP contribution in [0.4, 0.5) is 0 Å². The summed E-state index contributed by atoms with van der Waals surface area (Å²) < 4.78 is 40.0. The van der Waals surface area contributed by atoms with Gasteiger partial charge in [-0.05, 0) is 0 Å². The van der Waals surface area contributed by atoms with E-state index in [-0.39, 0.29) is 24.4 Å². The van der Waals surface area contributed by atoms with Crippen LogP contribution in [0, 0.1) is 11.5 Å². The molecule has 0 spiro atoms. The number of ether oxygens (including phenoxy) is 4. The fourth-order valence-electron chi connectivity index (χ4n) is 6.81. The average Bonchev–Trinajstić information content (AvgIpc) is 3.44. The van der Waals surface area contributed by atoms with Crippen molar-refractivity contribution in [1.29, 1.82) is 0 Å². The van der Waals surface area contributed by atoms with E-state index in [9.17, 15) is 0 Å². The van der Waals surface area contributed by atoms with Gasteiger partial charge in [0, 0.05) is 13.5 Å². The van der Waals surface area contributed by atoms with E-state index in [1.54, 1.807) is 21.3 Å². The number of allylic oxidation sites excluding steroid dienone is 2. The second-order valence-corrected chi connectivity index (χ2v) is 40.7. The third kappa shape index (κ3) is 12.2. The van der Waals surface area contributed by atoms with E-state index < -0.39 is 40.6 Å². The van der Waals surface area contributed by atoms with Gasteiger partial charge in [0.1, 0.15) is 8.07 Å². The summed E-state index contributed by atoms with van der Waals surface area (Å²) in [5.74, 6) is 3.05. The molecular formula is C37H67NO6Si2Sn. The third-order valence-corrected chi connectivity index (χ3v) is 21.2. The van der Waals surface area contributed by atoms with Gasteiger partial charge >= 0.3 is 232 Å². The number of oxazole rings is 1. The Morgan fingerprint density at radius 3 is 2.15 bits per heavy atom. The Morgan fingerprint density at radius 2 is 1.68 bits per heavy atom. The first-order valence-electron chi connectivity index (χ1n) is 17.5. The van der Waals surface area contributed by atoms with Crippen LogP contribution in [0.2, 0.25) is 51.1 Å². The Hall–Kier alpha value is -0.718. The Bertz CT molecular complexity index is 1210. The number of rotatable bonds is 16. The molecule has 7 nitrogen and oxygen atoms in total. The molecule has 0 saturated carbocycles. The summed E-state index contributed by atoms with van der Waals surface area (Å²) in [5.41, 5.74) is 5.80. The molecule has 2 rings (SSSR count). The standard InChI is InChI=1S/C34H58NO6Si2.3CH3.Sn/c1-25(2)43(26(3)4,27(5)6)41-32(21-28(7)16-17-29(36-8)15-14-20-42(11,12)13)31-22-30(37-9)23-34(38-10,40-31)24-33-35-18-19-39-33;;;;/h16-18,21,25-27,29-32H,15,22-24H2,1-13H3;3*1H3;/b17-16+,28-21+;;;;/t29-,30-,31-,32-,34+;;;;/m1..../s1. The molecule has 47 heavy (non-hydrogen) atoms. The molecule has 1 fully saturated rings. The number of methoxy groups -OCH3 is 3. The minimum absolute atomic E-state index is 0.0729. The van der Waals surface area contributed by atoms with E-state index in [4.69, 9.17) is 27.8 Å². The monoisotopic (exact) mass is 797 g/mol. The number of aromatic nitrogens is 1. The SMILES string of the molecule is CO[C@@H]1C[C@H]([C@@H](/C=C(C)/C=C/[C@@H](CC#C[Si](C)(C)C)OC)O[Si](C(C)C)(C(C)C)C(C)C)O[C@@](Cc2nc[c]([Sn]([CH3])([CH3])[CH3])o2)(OC)C1. The molecule has 5 atom stereocenters. The molecule has 1 aliphatic heterocycles. The van der Waals surface area contributed by atoms with Crippen molar-refractivity contribution >= 4 is 38.5 Å². The fourth-order valence-corrected chi connectivity index (χ4v) is 15.5. The Kier molecular flexibility index (Phi) is 16.2. The van der Waals surface area contributed by atoms with E-state index in [1.807, 2.05) is 6.20 Å². The molecule has 1 aromatic rings. The van der Waals surface area contributed by atoms with Gasteiger partial charge in [-0.1, -0.05) is 19.6 Å². The second-order valence-electron chi connectivity index (χ2n) is 16.3. The van der Waals surface area contributed by atoms with Crippen molar-refractivity contribution in [3.63, 3.8) is 0 Å². The van der Waals surface area contributed by atoms with E-state index >= 15 is 0 Å². The Balaban J connectivity index is 2.57. The van der Waals surface area contributed by atoms with Crippen LogP contribution in [0.25, 0.3) is 0 Å². The van der Waals surface area contributed by atoms with E-state index in [2.05, 4.69) is 118 Å². The fraction of sp³-hybridized carbons (Fsp3) is 0.757. The molecule has 0 bridgehead atoms.